The molecule has 0 saturated heterocycles. The predicted molar refractivity (Wildman–Crippen MR) is 130 cm³/mol. The average molecular weight is 518 g/mol. The van der Waals surface area contributed by atoms with Gasteiger partial charge in [-0.3, -0.25) is 10.1 Å². The molecule has 0 aliphatic carbocycles. The number of hydrogen-bond donors (Lipinski definition) is 2. The van der Waals surface area contributed by atoms with Gasteiger partial charge in [0.15, 0.2) is 5.75 Å². The smallest absolute Gasteiger partial charge is 0.491 e. The lowest BCUT2D eigenvalue weighted by Gasteiger charge is -2.16. The molecule has 3 rings (SSSR count). The van der Waals surface area contributed by atoms with Crippen molar-refractivity contribution >= 4 is 34.4 Å². The number of benzene rings is 3. The summed E-state index contributed by atoms with van der Waals surface area (Å²) in [6.07, 6.45) is -5.69. The number of anilines is 1. The summed E-state index contributed by atoms with van der Waals surface area (Å²) in [6.45, 7) is 4.33. The average Bonchev–Trinajstić information content (AvgIpc) is 2.84. The van der Waals surface area contributed by atoms with Crippen LogP contribution in [0.15, 0.2) is 48.5 Å². The Bertz CT molecular complexity index is 1320. The quantitative estimate of drug-likeness (QED) is 0.238. The van der Waals surface area contributed by atoms with Crippen LogP contribution in [-0.2, 0) is 9.53 Å². The summed E-state index contributed by atoms with van der Waals surface area (Å²) in [5.74, 6) is -3.10. The van der Waals surface area contributed by atoms with E-state index >= 15 is 0 Å². The van der Waals surface area contributed by atoms with E-state index in [1.165, 1.54) is 30.3 Å². The van der Waals surface area contributed by atoms with Crippen molar-refractivity contribution in [2.75, 3.05) is 25.6 Å². The van der Waals surface area contributed by atoms with Crippen molar-refractivity contribution in [3.05, 3.63) is 65.2 Å². The van der Waals surface area contributed by atoms with E-state index in [1.54, 1.807) is 0 Å². The summed E-state index contributed by atoms with van der Waals surface area (Å²) in [7, 11) is 1.15. The van der Waals surface area contributed by atoms with Crippen LogP contribution in [0.2, 0.25) is 0 Å². The van der Waals surface area contributed by atoms with Crippen LogP contribution < -0.4 is 20.1 Å². The molecule has 0 radical (unpaired) electrons. The van der Waals surface area contributed by atoms with Gasteiger partial charge in [0.1, 0.15) is 5.75 Å². The van der Waals surface area contributed by atoms with Gasteiger partial charge in [-0.1, -0.05) is 35.9 Å². The number of halogens is 3. The van der Waals surface area contributed by atoms with Gasteiger partial charge in [-0.05, 0) is 44.0 Å². The maximum atomic E-state index is 13.0. The third-order valence-electron chi connectivity index (χ3n) is 5.30. The lowest BCUT2D eigenvalue weighted by molar-refractivity contribution is -0.189. The molecule has 3 aromatic rings. The molecule has 0 unspecified atom stereocenters. The van der Waals surface area contributed by atoms with Crippen molar-refractivity contribution in [2.24, 2.45) is 0 Å². The van der Waals surface area contributed by atoms with Crippen LogP contribution >= 0.6 is 0 Å². The lowest BCUT2D eigenvalue weighted by Crippen LogP contribution is -2.30. The SMILES string of the molecule is COC(=O)Nc1cccc2c(OC(=O)C(F)(F)F)c(C(=O)NCCCOc3ccc(C)cc3C)ccc12. The van der Waals surface area contributed by atoms with Crippen LogP contribution in [0.25, 0.3) is 10.8 Å². The number of nitrogens with one attached hydrogen (secondary N) is 2. The topological polar surface area (TPSA) is 103 Å². The zero-order valence-corrected chi connectivity index (χ0v) is 20.3. The molecule has 0 spiro atoms. The van der Waals surface area contributed by atoms with E-state index in [4.69, 9.17) is 4.74 Å². The molecule has 2 N–H and O–H groups in total. The van der Waals surface area contributed by atoms with Crippen molar-refractivity contribution in [3.8, 4) is 11.5 Å². The van der Waals surface area contributed by atoms with Crippen molar-refractivity contribution in [1.82, 2.24) is 5.32 Å². The first-order chi connectivity index (χ1) is 17.5. The van der Waals surface area contributed by atoms with E-state index in [9.17, 15) is 27.6 Å². The molecule has 0 heterocycles. The zero-order valence-electron chi connectivity index (χ0n) is 20.3. The Morgan fingerprint density at radius 3 is 2.41 bits per heavy atom. The Hall–Kier alpha value is -4.28. The molecule has 0 atom stereocenters. The van der Waals surface area contributed by atoms with E-state index in [-0.39, 0.29) is 28.6 Å². The number of methoxy groups -OCH3 is 1. The van der Waals surface area contributed by atoms with Gasteiger partial charge in [-0.25, -0.2) is 9.59 Å². The number of aryl methyl sites for hydroxylation is 2. The normalized spacial score (nSPS) is 11.1. The van der Waals surface area contributed by atoms with E-state index in [0.29, 0.717) is 18.8 Å². The molecular weight excluding hydrogens is 493 g/mol. The molecular formula is C26H25F3N2O6. The first kappa shape index (κ1) is 27.3. The van der Waals surface area contributed by atoms with Crippen molar-refractivity contribution in [2.45, 2.75) is 26.4 Å². The number of carbonyl (C=O) groups excluding carboxylic acids is 3. The molecule has 11 heteroatoms. The number of fused-ring (bicyclic) bond motifs is 1. The van der Waals surface area contributed by atoms with Gasteiger partial charge >= 0.3 is 18.2 Å². The van der Waals surface area contributed by atoms with Crippen LogP contribution in [0, 0.1) is 13.8 Å². The molecule has 2 amide bonds. The summed E-state index contributed by atoms with van der Waals surface area (Å²) >= 11 is 0. The second kappa shape index (κ2) is 11.6. The van der Waals surface area contributed by atoms with Crippen LogP contribution in [-0.4, -0.2) is 44.4 Å². The molecule has 196 valence electrons. The monoisotopic (exact) mass is 518 g/mol. The lowest BCUT2D eigenvalue weighted by atomic mass is 10.0. The van der Waals surface area contributed by atoms with Crippen molar-refractivity contribution in [1.29, 1.82) is 0 Å². The summed E-state index contributed by atoms with van der Waals surface area (Å²) in [5.41, 5.74) is 1.97. The third kappa shape index (κ3) is 6.90. The number of hydrogen-bond acceptors (Lipinski definition) is 6. The molecule has 0 aliphatic heterocycles. The van der Waals surface area contributed by atoms with Gasteiger partial charge in [0, 0.05) is 17.3 Å². The summed E-state index contributed by atoms with van der Waals surface area (Å²) in [6, 6.07) is 12.6. The Morgan fingerprint density at radius 2 is 1.73 bits per heavy atom. The Morgan fingerprint density at radius 1 is 0.973 bits per heavy atom. The van der Waals surface area contributed by atoms with Crippen molar-refractivity contribution < 1.29 is 41.8 Å². The number of esters is 1. The molecule has 3 aromatic carbocycles. The number of rotatable bonds is 8. The highest BCUT2D eigenvalue weighted by molar-refractivity contribution is 6.09. The maximum Gasteiger partial charge on any atom is 0.491 e. The molecule has 8 nitrogen and oxygen atoms in total. The first-order valence-electron chi connectivity index (χ1n) is 11.2. The molecule has 37 heavy (non-hydrogen) atoms. The highest BCUT2D eigenvalue weighted by Gasteiger charge is 2.42. The Labute approximate surface area is 210 Å². The Balaban J connectivity index is 1.80. The van der Waals surface area contributed by atoms with Gasteiger partial charge in [0.05, 0.1) is 25.0 Å². The maximum absolute atomic E-state index is 13.0. The number of carbonyl (C=O) groups is 3. The molecule has 0 aliphatic rings. The largest absolute Gasteiger partial charge is 0.493 e. The van der Waals surface area contributed by atoms with E-state index < -0.39 is 29.9 Å². The fraction of sp³-hybridized carbons (Fsp3) is 0.269. The van der Waals surface area contributed by atoms with Crippen LogP contribution in [0.5, 0.6) is 11.5 Å². The highest BCUT2D eigenvalue weighted by atomic mass is 19.4. The minimum Gasteiger partial charge on any atom is -0.493 e. The molecule has 0 aromatic heterocycles. The van der Waals surface area contributed by atoms with E-state index in [0.717, 1.165) is 18.2 Å². The summed E-state index contributed by atoms with van der Waals surface area (Å²) < 4.78 is 53.9. The molecule has 0 saturated carbocycles. The van der Waals surface area contributed by atoms with Gasteiger partial charge < -0.3 is 19.5 Å². The molecule has 0 bridgehead atoms. The van der Waals surface area contributed by atoms with Gasteiger partial charge in [-0.2, -0.15) is 13.2 Å². The van der Waals surface area contributed by atoms with Gasteiger partial charge in [0.25, 0.3) is 5.91 Å². The van der Waals surface area contributed by atoms with E-state index in [2.05, 4.69) is 20.1 Å². The Kier molecular flexibility index (Phi) is 8.59. The minimum absolute atomic E-state index is 0.0114. The third-order valence-corrected chi connectivity index (χ3v) is 5.30. The fourth-order valence-corrected chi connectivity index (χ4v) is 3.55. The second-order valence-corrected chi connectivity index (χ2v) is 8.07. The van der Waals surface area contributed by atoms with Gasteiger partial charge in [0.2, 0.25) is 0 Å². The summed E-state index contributed by atoms with van der Waals surface area (Å²) in [4.78, 5) is 36.2. The summed E-state index contributed by atoms with van der Waals surface area (Å²) in [5, 5.41) is 5.27. The van der Waals surface area contributed by atoms with Crippen LogP contribution in [0.3, 0.4) is 0 Å². The minimum atomic E-state index is -5.29. The number of amides is 2. The standard InChI is InChI=1S/C26H25F3N2O6/c1-15-8-11-21(16(2)14-15)36-13-5-12-30-23(32)19-10-9-17-18(22(19)37-24(33)26(27,28)29)6-4-7-20(17)31-25(34)35-3/h4,6-11,14H,5,12-13H2,1-3H3,(H,30,32)(H,31,34). The number of alkyl halides is 3. The second-order valence-electron chi connectivity index (χ2n) is 8.07. The highest BCUT2D eigenvalue weighted by Crippen LogP contribution is 2.35. The van der Waals surface area contributed by atoms with Crippen LogP contribution in [0.1, 0.15) is 27.9 Å². The van der Waals surface area contributed by atoms with Crippen molar-refractivity contribution in [3.63, 3.8) is 0 Å². The van der Waals surface area contributed by atoms with Gasteiger partial charge in [-0.15, -0.1) is 0 Å². The fourth-order valence-electron chi connectivity index (χ4n) is 3.55. The van der Waals surface area contributed by atoms with Crippen LogP contribution in [0.4, 0.5) is 23.7 Å². The number of ether oxygens (including phenoxy) is 3. The zero-order chi connectivity index (χ0) is 27.2. The predicted octanol–water partition coefficient (Wildman–Crippen LogP) is 5.30. The first-order valence-corrected chi connectivity index (χ1v) is 11.2. The van der Waals surface area contributed by atoms with E-state index in [1.807, 2.05) is 32.0 Å². The molecule has 0 fully saturated rings.